The van der Waals surface area contributed by atoms with Gasteiger partial charge in [-0.1, -0.05) is 0 Å². The number of nitrogens with one attached hydrogen (secondary N) is 1. The fourth-order valence-corrected chi connectivity index (χ4v) is 0.867. The van der Waals surface area contributed by atoms with Crippen LogP contribution in [-0.2, 0) is 9.59 Å². The van der Waals surface area contributed by atoms with Crippen LogP contribution >= 0.6 is 0 Å². The maximum atomic E-state index is 11.0. The Hall–Kier alpha value is -1.10. The maximum absolute atomic E-state index is 11.0. The highest BCUT2D eigenvalue weighted by molar-refractivity contribution is 5.91. The predicted molar refractivity (Wildman–Crippen MR) is 41.4 cm³/mol. The number of amides is 1. The molecule has 0 heterocycles. The Morgan fingerprint density at radius 2 is 2.08 bits per heavy atom. The van der Waals surface area contributed by atoms with Crippen molar-refractivity contribution in [1.82, 2.24) is 5.32 Å². The van der Waals surface area contributed by atoms with Crippen molar-refractivity contribution in [3.05, 3.63) is 0 Å². The van der Waals surface area contributed by atoms with Gasteiger partial charge < -0.3 is 16.2 Å². The fourth-order valence-electron chi connectivity index (χ4n) is 0.867. The van der Waals surface area contributed by atoms with Crippen LogP contribution in [0.5, 0.6) is 0 Å². The summed E-state index contributed by atoms with van der Waals surface area (Å²) in [5.74, 6) is -1.38. The number of carboxylic acid groups (broad SMARTS) is 1. The molecule has 0 aliphatic heterocycles. The molecule has 1 aliphatic rings. The molecule has 5 heteroatoms. The first-order chi connectivity index (χ1) is 5.48. The first-order valence-corrected chi connectivity index (χ1v) is 3.79. The molecule has 1 aliphatic carbocycles. The second-order valence-corrected chi connectivity index (χ2v) is 3.17. The van der Waals surface area contributed by atoms with Crippen LogP contribution < -0.4 is 11.1 Å². The van der Waals surface area contributed by atoms with Crippen molar-refractivity contribution in [1.29, 1.82) is 0 Å². The van der Waals surface area contributed by atoms with Gasteiger partial charge in [-0.2, -0.15) is 0 Å². The second kappa shape index (κ2) is 2.75. The van der Waals surface area contributed by atoms with Crippen molar-refractivity contribution < 1.29 is 14.7 Å². The monoisotopic (exact) mass is 172 g/mol. The molecule has 1 rings (SSSR count). The van der Waals surface area contributed by atoms with Gasteiger partial charge in [-0.15, -0.1) is 0 Å². The summed E-state index contributed by atoms with van der Waals surface area (Å²) in [7, 11) is 0. The second-order valence-electron chi connectivity index (χ2n) is 3.17. The van der Waals surface area contributed by atoms with E-state index < -0.39 is 23.5 Å². The molecule has 68 valence electrons. The van der Waals surface area contributed by atoms with E-state index in [2.05, 4.69) is 5.32 Å². The molecule has 0 aromatic heterocycles. The molecule has 5 nitrogen and oxygen atoms in total. The molecule has 0 aromatic carbocycles. The van der Waals surface area contributed by atoms with Crippen molar-refractivity contribution in [2.24, 2.45) is 5.73 Å². The quantitative estimate of drug-likeness (QED) is 0.512. The fraction of sp³-hybridized carbons (Fsp3) is 0.714. The minimum Gasteiger partial charge on any atom is -0.480 e. The minimum absolute atomic E-state index is 0.408. The van der Waals surface area contributed by atoms with Crippen molar-refractivity contribution in [2.45, 2.75) is 31.3 Å². The highest BCUT2D eigenvalue weighted by Crippen LogP contribution is 2.35. The summed E-state index contributed by atoms with van der Waals surface area (Å²) in [5.41, 5.74) is 4.26. The van der Waals surface area contributed by atoms with Crippen LogP contribution in [0, 0.1) is 0 Å². The summed E-state index contributed by atoms with van der Waals surface area (Å²) in [6.45, 7) is 1.52. The minimum atomic E-state index is -1.01. The topological polar surface area (TPSA) is 92.4 Å². The van der Waals surface area contributed by atoms with E-state index in [1.807, 2.05) is 0 Å². The summed E-state index contributed by atoms with van der Waals surface area (Å²) in [6.07, 6.45) is 1.00. The lowest BCUT2D eigenvalue weighted by atomic mass is 10.2. The number of carbonyl (C=O) groups excluding carboxylic acids is 1. The normalized spacial score (nSPS) is 21.2. The molecule has 0 spiro atoms. The molecule has 0 bridgehead atoms. The van der Waals surface area contributed by atoms with Gasteiger partial charge >= 0.3 is 5.97 Å². The number of carbonyl (C=O) groups is 2. The van der Waals surface area contributed by atoms with E-state index in [1.165, 1.54) is 6.92 Å². The molecular formula is C7H12N2O3. The number of hydrogen-bond acceptors (Lipinski definition) is 3. The zero-order chi connectivity index (χ0) is 9.35. The number of aliphatic carboxylic acids is 1. The van der Waals surface area contributed by atoms with Crippen molar-refractivity contribution in [3.8, 4) is 0 Å². The molecule has 1 saturated carbocycles. The Bertz CT molecular complexity index is 221. The largest absolute Gasteiger partial charge is 0.480 e. The van der Waals surface area contributed by atoms with Gasteiger partial charge in [0, 0.05) is 0 Å². The molecule has 0 saturated heterocycles. The van der Waals surface area contributed by atoms with E-state index in [-0.39, 0.29) is 0 Å². The highest BCUT2D eigenvalue weighted by Gasteiger charge is 2.51. The Balaban J connectivity index is 2.51. The molecule has 1 atom stereocenters. The van der Waals surface area contributed by atoms with Crippen LogP contribution in [0.3, 0.4) is 0 Å². The van der Waals surface area contributed by atoms with E-state index in [0.717, 1.165) is 0 Å². The van der Waals surface area contributed by atoms with Gasteiger partial charge in [0.05, 0.1) is 6.04 Å². The Labute approximate surface area is 69.9 Å². The standard InChI is InChI=1S/C7H12N2O3/c1-4(8)5(10)9-7(2-3-7)6(11)12/h4H,2-3,8H2,1H3,(H,9,10)(H,11,12)/t4-/m0/s1. The molecule has 4 N–H and O–H groups in total. The Morgan fingerprint density at radius 1 is 1.58 bits per heavy atom. The van der Waals surface area contributed by atoms with Crippen LogP contribution in [0.1, 0.15) is 19.8 Å². The first kappa shape index (κ1) is 8.99. The lowest BCUT2D eigenvalue weighted by Gasteiger charge is -2.13. The molecular weight excluding hydrogens is 160 g/mol. The number of hydrogen-bond donors (Lipinski definition) is 3. The SMILES string of the molecule is C[C@H](N)C(=O)NC1(C(=O)O)CC1. The van der Waals surface area contributed by atoms with Crippen molar-refractivity contribution in [3.63, 3.8) is 0 Å². The lowest BCUT2D eigenvalue weighted by Crippen LogP contribution is -2.49. The van der Waals surface area contributed by atoms with E-state index in [9.17, 15) is 9.59 Å². The maximum Gasteiger partial charge on any atom is 0.329 e. The van der Waals surface area contributed by atoms with E-state index in [0.29, 0.717) is 12.8 Å². The summed E-state index contributed by atoms with van der Waals surface area (Å²) in [6, 6.07) is -0.651. The van der Waals surface area contributed by atoms with Gasteiger partial charge in [-0.05, 0) is 19.8 Å². The van der Waals surface area contributed by atoms with Crippen LogP contribution in [-0.4, -0.2) is 28.6 Å². The van der Waals surface area contributed by atoms with Gasteiger partial charge in [0.15, 0.2) is 0 Å². The third-order valence-corrected chi connectivity index (χ3v) is 1.94. The van der Waals surface area contributed by atoms with Crippen molar-refractivity contribution >= 4 is 11.9 Å². The van der Waals surface area contributed by atoms with Crippen LogP contribution in [0.2, 0.25) is 0 Å². The molecule has 12 heavy (non-hydrogen) atoms. The van der Waals surface area contributed by atoms with Gasteiger partial charge in [0.1, 0.15) is 5.54 Å². The lowest BCUT2D eigenvalue weighted by molar-refractivity contribution is -0.143. The van der Waals surface area contributed by atoms with Crippen LogP contribution in [0.25, 0.3) is 0 Å². The Morgan fingerprint density at radius 3 is 2.33 bits per heavy atom. The number of carboxylic acids is 1. The van der Waals surface area contributed by atoms with Gasteiger partial charge in [0.25, 0.3) is 0 Å². The molecule has 0 radical (unpaired) electrons. The van der Waals surface area contributed by atoms with Gasteiger partial charge in [0.2, 0.25) is 5.91 Å². The molecule has 0 unspecified atom stereocenters. The average molecular weight is 172 g/mol. The predicted octanol–water partition coefficient (Wildman–Crippen LogP) is -0.933. The average Bonchev–Trinajstić information content (AvgIpc) is 2.68. The summed E-state index contributed by atoms with van der Waals surface area (Å²) in [4.78, 5) is 21.6. The highest BCUT2D eigenvalue weighted by atomic mass is 16.4. The van der Waals surface area contributed by atoms with Crippen molar-refractivity contribution in [2.75, 3.05) is 0 Å². The van der Waals surface area contributed by atoms with Gasteiger partial charge in [-0.25, -0.2) is 4.79 Å². The smallest absolute Gasteiger partial charge is 0.329 e. The zero-order valence-corrected chi connectivity index (χ0v) is 6.83. The first-order valence-electron chi connectivity index (χ1n) is 3.79. The van der Waals surface area contributed by atoms with Crippen LogP contribution in [0.15, 0.2) is 0 Å². The third-order valence-electron chi connectivity index (χ3n) is 1.94. The summed E-state index contributed by atoms with van der Waals surface area (Å²) in [5, 5.41) is 11.1. The number of nitrogens with two attached hydrogens (primary N) is 1. The van der Waals surface area contributed by atoms with E-state index in [1.54, 1.807) is 0 Å². The molecule has 1 fully saturated rings. The molecule has 0 aromatic rings. The molecule has 1 amide bonds. The Kier molecular flexibility index (Phi) is 2.06. The van der Waals surface area contributed by atoms with E-state index >= 15 is 0 Å². The third kappa shape index (κ3) is 1.55. The summed E-state index contributed by atoms with van der Waals surface area (Å²) >= 11 is 0. The number of rotatable bonds is 3. The van der Waals surface area contributed by atoms with Gasteiger partial charge in [-0.3, -0.25) is 4.79 Å². The van der Waals surface area contributed by atoms with Crippen LogP contribution in [0.4, 0.5) is 0 Å². The summed E-state index contributed by atoms with van der Waals surface area (Å²) < 4.78 is 0. The zero-order valence-electron chi connectivity index (χ0n) is 6.83. The van der Waals surface area contributed by atoms with E-state index in [4.69, 9.17) is 10.8 Å².